The van der Waals surface area contributed by atoms with Gasteiger partial charge in [0.15, 0.2) is 0 Å². The van der Waals surface area contributed by atoms with Crippen molar-refractivity contribution in [1.82, 2.24) is 9.88 Å². The minimum absolute atomic E-state index is 0.115. The molecule has 0 aliphatic carbocycles. The predicted molar refractivity (Wildman–Crippen MR) is 98.5 cm³/mol. The first-order chi connectivity index (χ1) is 11.6. The van der Waals surface area contributed by atoms with E-state index >= 15 is 0 Å². The Bertz CT molecular complexity index is 691. The van der Waals surface area contributed by atoms with Crippen LogP contribution in [0, 0.1) is 0 Å². The molecule has 128 valence electrons. The molecule has 0 atom stereocenters. The molecule has 0 saturated carbocycles. The number of aliphatic imine (C=N–C) groups is 1. The Hall–Kier alpha value is -2.76. The smallest absolute Gasteiger partial charge is 0.267 e. The van der Waals surface area contributed by atoms with Gasteiger partial charge < -0.3 is 20.9 Å². The van der Waals surface area contributed by atoms with E-state index in [0.717, 1.165) is 12.1 Å². The fraction of sp³-hybridized carbons (Fsp3) is 0.333. The van der Waals surface area contributed by atoms with Gasteiger partial charge in [0.25, 0.3) is 5.91 Å². The van der Waals surface area contributed by atoms with Crippen molar-refractivity contribution >= 4 is 17.4 Å². The second-order valence-electron chi connectivity index (χ2n) is 5.59. The molecule has 0 fully saturated rings. The Labute approximate surface area is 142 Å². The minimum atomic E-state index is -0.115. The maximum atomic E-state index is 12.1. The summed E-state index contributed by atoms with van der Waals surface area (Å²) in [6.07, 6.45) is 3.28. The molecular formula is C18H25N5O. The second-order valence-corrected chi connectivity index (χ2v) is 5.59. The molecule has 2 rings (SSSR count). The van der Waals surface area contributed by atoms with Crippen molar-refractivity contribution in [2.45, 2.75) is 12.8 Å². The first-order valence-corrected chi connectivity index (χ1v) is 8.05. The summed E-state index contributed by atoms with van der Waals surface area (Å²) >= 11 is 0. The molecule has 4 N–H and O–H groups in total. The number of anilines is 1. The molecule has 1 aromatic carbocycles. The highest BCUT2D eigenvalue weighted by Crippen LogP contribution is 2.11. The van der Waals surface area contributed by atoms with Crippen molar-refractivity contribution in [3.05, 3.63) is 53.9 Å². The number of benzene rings is 1. The summed E-state index contributed by atoms with van der Waals surface area (Å²) in [5, 5.41) is 5.88. The number of aryl methyl sites for hydroxylation is 1. The summed E-state index contributed by atoms with van der Waals surface area (Å²) < 4.78 is 1.79. The average Bonchev–Trinajstić information content (AvgIpc) is 2.97. The Morgan fingerprint density at radius 1 is 1.29 bits per heavy atom. The van der Waals surface area contributed by atoms with Gasteiger partial charge in [-0.1, -0.05) is 30.3 Å². The summed E-state index contributed by atoms with van der Waals surface area (Å²) in [6.45, 7) is 1.13. The van der Waals surface area contributed by atoms with E-state index in [0.29, 0.717) is 31.0 Å². The highest BCUT2D eigenvalue weighted by atomic mass is 16.1. The van der Waals surface area contributed by atoms with Crippen LogP contribution in [-0.4, -0.2) is 36.4 Å². The fourth-order valence-corrected chi connectivity index (χ4v) is 2.37. The van der Waals surface area contributed by atoms with E-state index < -0.39 is 0 Å². The molecule has 1 aromatic heterocycles. The number of nitrogens with zero attached hydrogens (tertiary/aromatic N) is 2. The van der Waals surface area contributed by atoms with Crippen molar-refractivity contribution in [1.29, 1.82) is 0 Å². The minimum Gasteiger partial charge on any atom is -0.387 e. The van der Waals surface area contributed by atoms with Gasteiger partial charge >= 0.3 is 0 Å². The van der Waals surface area contributed by atoms with E-state index in [4.69, 9.17) is 5.73 Å². The number of rotatable bonds is 8. The largest absolute Gasteiger partial charge is 0.387 e. The maximum absolute atomic E-state index is 12.1. The summed E-state index contributed by atoms with van der Waals surface area (Å²) in [5.41, 5.74) is 8.66. The van der Waals surface area contributed by atoms with Crippen LogP contribution in [0.3, 0.4) is 0 Å². The average molecular weight is 327 g/mol. The van der Waals surface area contributed by atoms with Gasteiger partial charge in [-0.3, -0.25) is 9.79 Å². The first-order valence-electron chi connectivity index (χ1n) is 8.05. The summed E-state index contributed by atoms with van der Waals surface area (Å²) in [4.78, 5) is 16.5. The van der Waals surface area contributed by atoms with Crippen LogP contribution in [0.4, 0.5) is 5.69 Å². The van der Waals surface area contributed by atoms with Gasteiger partial charge in [-0.05, 0) is 18.1 Å². The highest BCUT2D eigenvalue weighted by Gasteiger charge is 2.10. The third-order valence-corrected chi connectivity index (χ3v) is 3.75. The number of hydrogen-bond acceptors (Lipinski definition) is 3. The van der Waals surface area contributed by atoms with Gasteiger partial charge in [-0.15, -0.1) is 0 Å². The van der Waals surface area contributed by atoms with Crippen molar-refractivity contribution in [2.24, 2.45) is 17.8 Å². The molecule has 1 amide bonds. The van der Waals surface area contributed by atoms with E-state index in [2.05, 4.69) is 27.8 Å². The molecular weight excluding hydrogens is 302 g/mol. The number of amides is 1. The monoisotopic (exact) mass is 327 g/mol. The fourth-order valence-electron chi connectivity index (χ4n) is 2.37. The summed E-state index contributed by atoms with van der Waals surface area (Å²) in [7, 11) is 3.67. The number of aromatic nitrogens is 1. The number of carbonyl (C=O) groups excluding carboxylic acids is 1. The van der Waals surface area contributed by atoms with E-state index in [9.17, 15) is 4.79 Å². The van der Waals surface area contributed by atoms with Crippen LogP contribution < -0.4 is 16.4 Å². The van der Waals surface area contributed by atoms with E-state index in [1.54, 1.807) is 4.57 Å². The molecule has 0 aliphatic rings. The van der Waals surface area contributed by atoms with Crippen molar-refractivity contribution in [3.63, 3.8) is 0 Å². The Morgan fingerprint density at radius 3 is 2.71 bits per heavy atom. The van der Waals surface area contributed by atoms with Crippen molar-refractivity contribution < 1.29 is 4.79 Å². The van der Waals surface area contributed by atoms with Gasteiger partial charge in [-0.25, -0.2) is 0 Å². The first kappa shape index (κ1) is 17.6. The molecule has 0 bridgehead atoms. The lowest BCUT2D eigenvalue weighted by Gasteiger charge is -2.06. The van der Waals surface area contributed by atoms with Gasteiger partial charge in [0, 0.05) is 39.8 Å². The zero-order valence-electron chi connectivity index (χ0n) is 14.2. The number of hydrogen-bond donors (Lipinski definition) is 3. The molecule has 0 spiro atoms. The SMILES string of the molecule is CNc1cc(C(=O)NCCC(N)=NCCc2ccccc2)n(C)c1. The Morgan fingerprint density at radius 2 is 2.04 bits per heavy atom. The predicted octanol–water partition coefficient (Wildman–Crippen LogP) is 1.79. The van der Waals surface area contributed by atoms with Crippen LogP contribution in [0.25, 0.3) is 0 Å². The van der Waals surface area contributed by atoms with Gasteiger partial charge in [-0.2, -0.15) is 0 Å². The second kappa shape index (κ2) is 8.76. The van der Waals surface area contributed by atoms with Gasteiger partial charge in [0.2, 0.25) is 0 Å². The lowest BCUT2D eigenvalue weighted by atomic mass is 10.1. The number of nitrogens with one attached hydrogen (secondary N) is 2. The molecule has 24 heavy (non-hydrogen) atoms. The third-order valence-electron chi connectivity index (χ3n) is 3.75. The van der Waals surface area contributed by atoms with Crippen LogP contribution in [0.5, 0.6) is 0 Å². The summed E-state index contributed by atoms with van der Waals surface area (Å²) in [5.74, 6) is 0.449. The van der Waals surface area contributed by atoms with Crippen LogP contribution >= 0.6 is 0 Å². The molecule has 0 unspecified atom stereocenters. The molecule has 0 saturated heterocycles. The lowest BCUT2D eigenvalue weighted by Crippen LogP contribution is -2.29. The summed E-state index contributed by atoms with van der Waals surface area (Å²) in [6, 6.07) is 12.0. The standard InChI is InChI=1S/C18H25N5O/c1-20-15-12-16(23(2)13-15)18(24)22-11-9-17(19)21-10-8-14-6-4-3-5-7-14/h3-7,12-13,20H,8-11H2,1-2H3,(H2,19,21)(H,22,24). The zero-order chi connectivity index (χ0) is 17.4. The van der Waals surface area contributed by atoms with E-state index in [1.807, 2.05) is 44.6 Å². The molecule has 6 nitrogen and oxygen atoms in total. The number of carbonyl (C=O) groups is 1. The van der Waals surface area contributed by atoms with Crippen LogP contribution in [0.15, 0.2) is 47.6 Å². The lowest BCUT2D eigenvalue weighted by molar-refractivity contribution is 0.0946. The zero-order valence-corrected chi connectivity index (χ0v) is 14.2. The molecule has 0 radical (unpaired) electrons. The Balaban J connectivity index is 1.73. The quantitative estimate of drug-likeness (QED) is 0.510. The van der Waals surface area contributed by atoms with Crippen LogP contribution in [0.2, 0.25) is 0 Å². The topological polar surface area (TPSA) is 84.4 Å². The van der Waals surface area contributed by atoms with Crippen molar-refractivity contribution in [3.8, 4) is 0 Å². The molecule has 2 aromatic rings. The van der Waals surface area contributed by atoms with Crippen LogP contribution in [0.1, 0.15) is 22.5 Å². The van der Waals surface area contributed by atoms with E-state index in [-0.39, 0.29) is 5.91 Å². The molecule has 1 heterocycles. The third kappa shape index (κ3) is 5.15. The molecule has 6 heteroatoms. The maximum Gasteiger partial charge on any atom is 0.267 e. The van der Waals surface area contributed by atoms with Gasteiger partial charge in [0.05, 0.1) is 11.5 Å². The van der Waals surface area contributed by atoms with Crippen LogP contribution in [-0.2, 0) is 13.5 Å². The Kier molecular flexibility index (Phi) is 6.42. The van der Waals surface area contributed by atoms with Crippen molar-refractivity contribution in [2.75, 3.05) is 25.5 Å². The number of amidine groups is 1. The van der Waals surface area contributed by atoms with Gasteiger partial charge in [0.1, 0.15) is 5.69 Å². The molecule has 0 aliphatic heterocycles. The van der Waals surface area contributed by atoms with E-state index in [1.165, 1.54) is 5.56 Å². The normalized spacial score (nSPS) is 11.3. The number of nitrogens with two attached hydrogens (primary N) is 1. The highest BCUT2D eigenvalue weighted by molar-refractivity contribution is 5.94.